The van der Waals surface area contributed by atoms with E-state index in [1.165, 1.54) is 0 Å². The number of piperidine rings is 1. The minimum atomic E-state index is -0.135. The molecular weight excluding hydrogens is 320 g/mol. The van der Waals surface area contributed by atoms with E-state index in [9.17, 15) is 9.59 Å². The molecule has 0 aromatic carbocycles. The van der Waals surface area contributed by atoms with Crippen LogP contribution in [0.1, 0.15) is 53.7 Å². The first-order chi connectivity index (χ1) is 11.9. The summed E-state index contributed by atoms with van der Waals surface area (Å²) in [6.45, 7) is 6.93. The van der Waals surface area contributed by atoms with Crippen molar-refractivity contribution >= 4 is 5.91 Å². The quantitative estimate of drug-likeness (QED) is 0.916. The van der Waals surface area contributed by atoms with E-state index in [0.29, 0.717) is 25.2 Å². The Balaban J connectivity index is 1.64. The van der Waals surface area contributed by atoms with E-state index in [1.807, 2.05) is 18.7 Å². The second kappa shape index (κ2) is 7.21. The lowest BCUT2D eigenvalue weighted by Gasteiger charge is -2.32. The van der Waals surface area contributed by atoms with Crippen molar-refractivity contribution < 1.29 is 9.32 Å². The normalized spacial score (nSPS) is 17.7. The van der Waals surface area contributed by atoms with Gasteiger partial charge in [0, 0.05) is 37.1 Å². The van der Waals surface area contributed by atoms with Gasteiger partial charge in [-0.25, -0.2) is 4.98 Å². The number of carbonyl (C=O) groups is 1. The molecule has 1 aliphatic heterocycles. The Morgan fingerprint density at radius 1 is 1.40 bits per heavy atom. The summed E-state index contributed by atoms with van der Waals surface area (Å²) >= 11 is 0. The fourth-order valence-corrected chi connectivity index (χ4v) is 3.51. The molecule has 0 unspecified atom stereocenters. The lowest BCUT2D eigenvalue weighted by molar-refractivity contribution is -0.132. The highest BCUT2D eigenvalue weighted by Crippen LogP contribution is 2.25. The smallest absolute Gasteiger partial charge is 0.251 e. The Labute approximate surface area is 146 Å². The molecule has 2 aromatic rings. The molecule has 0 radical (unpaired) electrons. The van der Waals surface area contributed by atoms with Crippen LogP contribution in [0.4, 0.5) is 0 Å². The van der Waals surface area contributed by atoms with Gasteiger partial charge in [0.05, 0.1) is 11.4 Å². The van der Waals surface area contributed by atoms with Crippen LogP contribution in [-0.2, 0) is 11.2 Å². The first kappa shape index (κ1) is 17.4. The maximum absolute atomic E-state index is 12.6. The van der Waals surface area contributed by atoms with Gasteiger partial charge in [0.15, 0.2) is 0 Å². The second-order valence-corrected chi connectivity index (χ2v) is 6.74. The van der Waals surface area contributed by atoms with Crippen LogP contribution < -0.4 is 5.56 Å². The molecule has 1 fully saturated rings. The predicted octanol–water partition coefficient (Wildman–Crippen LogP) is 2.02. The summed E-state index contributed by atoms with van der Waals surface area (Å²) in [4.78, 5) is 33.3. The van der Waals surface area contributed by atoms with E-state index >= 15 is 0 Å². The summed E-state index contributed by atoms with van der Waals surface area (Å²) in [5, 5.41) is 3.93. The van der Waals surface area contributed by atoms with Crippen LogP contribution in [0.15, 0.2) is 15.4 Å². The van der Waals surface area contributed by atoms with E-state index in [2.05, 4.69) is 15.1 Å². The second-order valence-electron chi connectivity index (χ2n) is 6.74. The van der Waals surface area contributed by atoms with Crippen LogP contribution >= 0.6 is 0 Å². The summed E-state index contributed by atoms with van der Waals surface area (Å²) in [6.07, 6.45) is 2.96. The SMILES string of the molecule is Cc1nc([C@H]2CCCN(C(=O)CCc3c(C)noc3C)C2)cc(=O)[nH]1. The number of rotatable bonds is 4. The summed E-state index contributed by atoms with van der Waals surface area (Å²) in [7, 11) is 0. The van der Waals surface area contributed by atoms with Crippen molar-refractivity contribution in [3.63, 3.8) is 0 Å². The Kier molecular flexibility index (Phi) is 5.01. The Hall–Kier alpha value is -2.44. The number of likely N-dealkylation sites (tertiary alicyclic amines) is 1. The molecule has 25 heavy (non-hydrogen) atoms. The monoisotopic (exact) mass is 344 g/mol. The minimum Gasteiger partial charge on any atom is -0.361 e. The number of H-pyrrole nitrogens is 1. The Bertz CT molecular complexity index is 804. The lowest BCUT2D eigenvalue weighted by atomic mass is 9.94. The molecular formula is C18H24N4O3. The largest absolute Gasteiger partial charge is 0.361 e. The summed E-state index contributed by atoms with van der Waals surface area (Å²) < 4.78 is 5.15. The number of aromatic amines is 1. The first-order valence-corrected chi connectivity index (χ1v) is 8.71. The zero-order valence-corrected chi connectivity index (χ0v) is 15.0. The summed E-state index contributed by atoms with van der Waals surface area (Å²) in [5.74, 6) is 1.65. The molecule has 1 atom stereocenters. The van der Waals surface area contributed by atoms with Gasteiger partial charge in [0.1, 0.15) is 11.6 Å². The fraction of sp³-hybridized carbons (Fsp3) is 0.556. The average Bonchev–Trinajstić information content (AvgIpc) is 2.90. The number of amides is 1. The van der Waals surface area contributed by atoms with E-state index in [4.69, 9.17) is 4.52 Å². The molecule has 1 aliphatic rings. The maximum atomic E-state index is 12.6. The highest BCUT2D eigenvalue weighted by Gasteiger charge is 2.26. The van der Waals surface area contributed by atoms with Gasteiger partial charge >= 0.3 is 0 Å². The topological polar surface area (TPSA) is 92.1 Å². The van der Waals surface area contributed by atoms with E-state index < -0.39 is 0 Å². The van der Waals surface area contributed by atoms with Crippen LogP contribution in [0.3, 0.4) is 0 Å². The number of aryl methyl sites for hydroxylation is 3. The number of carbonyl (C=O) groups excluding carboxylic acids is 1. The number of aromatic nitrogens is 3. The summed E-state index contributed by atoms with van der Waals surface area (Å²) in [5.41, 5.74) is 2.52. The maximum Gasteiger partial charge on any atom is 0.251 e. The molecule has 7 heteroatoms. The fourth-order valence-electron chi connectivity index (χ4n) is 3.51. The third kappa shape index (κ3) is 3.97. The third-order valence-corrected chi connectivity index (χ3v) is 4.84. The molecule has 1 amide bonds. The number of hydrogen-bond acceptors (Lipinski definition) is 5. The number of nitrogens with one attached hydrogen (secondary N) is 1. The molecule has 0 bridgehead atoms. The van der Waals surface area contributed by atoms with Gasteiger partial charge in [0.25, 0.3) is 5.56 Å². The van der Waals surface area contributed by atoms with Crippen molar-refractivity contribution in [3.8, 4) is 0 Å². The molecule has 134 valence electrons. The van der Waals surface area contributed by atoms with Crippen LogP contribution in [0.5, 0.6) is 0 Å². The molecule has 1 N–H and O–H groups in total. The van der Waals surface area contributed by atoms with Gasteiger partial charge in [-0.3, -0.25) is 9.59 Å². The van der Waals surface area contributed by atoms with Crippen LogP contribution in [0, 0.1) is 20.8 Å². The van der Waals surface area contributed by atoms with Crippen LogP contribution in [0.25, 0.3) is 0 Å². The van der Waals surface area contributed by atoms with Crippen molar-refractivity contribution in [2.75, 3.05) is 13.1 Å². The lowest BCUT2D eigenvalue weighted by Crippen LogP contribution is -2.39. The molecule has 3 rings (SSSR count). The Morgan fingerprint density at radius 2 is 2.20 bits per heavy atom. The van der Waals surface area contributed by atoms with Gasteiger partial charge in [0.2, 0.25) is 5.91 Å². The number of nitrogens with zero attached hydrogens (tertiary/aromatic N) is 3. The summed E-state index contributed by atoms with van der Waals surface area (Å²) in [6, 6.07) is 1.55. The predicted molar refractivity (Wildman–Crippen MR) is 92.4 cm³/mol. The first-order valence-electron chi connectivity index (χ1n) is 8.71. The molecule has 0 spiro atoms. The minimum absolute atomic E-state index is 0.123. The van der Waals surface area contributed by atoms with Crippen molar-refractivity contribution in [1.82, 2.24) is 20.0 Å². The third-order valence-electron chi connectivity index (χ3n) is 4.84. The molecule has 3 heterocycles. The molecule has 2 aromatic heterocycles. The zero-order valence-electron chi connectivity index (χ0n) is 15.0. The van der Waals surface area contributed by atoms with Gasteiger partial charge in [-0.2, -0.15) is 0 Å². The highest BCUT2D eigenvalue weighted by atomic mass is 16.5. The standard InChI is InChI=1S/C18H24N4O3/c1-11-15(12(2)25-21-11)6-7-18(24)22-8-4-5-14(10-22)16-9-17(23)20-13(3)19-16/h9,14H,4-8,10H2,1-3H3,(H,19,20,23)/t14-/m0/s1. The number of hydrogen-bond donors (Lipinski definition) is 1. The van der Waals surface area contributed by atoms with Crippen molar-refractivity contribution in [2.24, 2.45) is 0 Å². The molecule has 0 aliphatic carbocycles. The van der Waals surface area contributed by atoms with Gasteiger partial charge < -0.3 is 14.4 Å². The molecule has 1 saturated heterocycles. The van der Waals surface area contributed by atoms with Gasteiger partial charge in [-0.1, -0.05) is 5.16 Å². The van der Waals surface area contributed by atoms with E-state index in [0.717, 1.165) is 42.1 Å². The van der Waals surface area contributed by atoms with Crippen LogP contribution in [0.2, 0.25) is 0 Å². The highest BCUT2D eigenvalue weighted by molar-refractivity contribution is 5.76. The van der Waals surface area contributed by atoms with E-state index in [1.54, 1.807) is 13.0 Å². The van der Waals surface area contributed by atoms with Crippen molar-refractivity contribution in [3.05, 3.63) is 45.0 Å². The molecule has 0 saturated carbocycles. The van der Waals surface area contributed by atoms with Crippen molar-refractivity contribution in [1.29, 1.82) is 0 Å². The molecule has 7 nitrogen and oxygen atoms in total. The Morgan fingerprint density at radius 3 is 2.88 bits per heavy atom. The zero-order chi connectivity index (χ0) is 18.0. The van der Waals surface area contributed by atoms with Crippen molar-refractivity contribution in [2.45, 2.75) is 52.4 Å². The average molecular weight is 344 g/mol. The van der Waals surface area contributed by atoms with Gasteiger partial charge in [-0.05, 0) is 40.0 Å². The van der Waals surface area contributed by atoms with E-state index in [-0.39, 0.29) is 17.4 Å². The van der Waals surface area contributed by atoms with Gasteiger partial charge in [-0.15, -0.1) is 0 Å². The van der Waals surface area contributed by atoms with Crippen LogP contribution in [-0.4, -0.2) is 39.0 Å².